The lowest BCUT2D eigenvalue weighted by atomic mass is 9.95. The van der Waals surface area contributed by atoms with Crippen LogP contribution in [0.2, 0.25) is 0 Å². The molecule has 0 spiro atoms. The van der Waals surface area contributed by atoms with Gasteiger partial charge in [-0.05, 0) is 58.4 Å². The number of nitrogens with two attached hydrogens (primary N) is 1. The maximum Gasteiger partial charge on any atom is 0.251 e. The highest BCUT2D eigenvalue weighted by Gasteiger charge is 2.29. The Labute approximate surface area is 186 Å². The minimum absolute atomic E-state index is 0.115. The van der Waals surface area contributed by atoms with Crippen molar-refractivity contribution < 1.29 is 9.59 Å². The van der Waals surface area contributed by atoms with Gasteiger partial charge in [-0.3, -0.25) is 9.59 Å². The molecule has 1 atom stereocenters. The highest BCUT2D eigenvalue weighted by molar-refractivity contribution is 8.00. The summed E-state index contributed by atoms with van der Waals surface area (Å²) in [6, 6.07) is 0.472. The van der Waals surface area contributed by atoms with Crippen LogP contribution in [-0.2, 0) is 17.6 Å². The molecule has 0 radical (unpaired) electrons. The molecule has 1 fully saturated rings. The minimum Gasteiger partial charge on any atom is -0.365 e. The van der Waals surface area contributed by atoms with Crippen LogP contribution in [0.3, 0.4) is 0 Å². The van der Waals surface area contributed by atoms with Crippen molar-refractivity contribution in [2.24, 2.45) is 5.73 Å². The first-order valence-electron chi connectivity index (χ1n) is 10.8. The van der Waals surface area contributed by atoms with Gasteiger partial charge in [-0.2, -0.15) is 0 Å². The van der Waals surface area contributed by atoms with Gasteiger partial charge in [0.05, 0.1) is 16.5 Å². The summed E-state index contributed by atoms with van der Waals surface area (Å²) in [6.45, 7) is 6.06. The lowest BCUT2D eigenvalue weighted by Gasteiger charge is -2.26. The van der Waals surface area contributed by atoms with Gasteiger partial charge < -0.3 is 15.6 Å². The van der Waals surface area contributed by atoms with E-state index in [1.54, 1.807) is 0 Å². The number of thioether (sulfide) groups is 1. The fourth-order valence-corrected chi connectivity index (χ4v) is 7.00. The monoisotopic (exact) mass is 446 g/mol. The summed E-state index contributed by atoms with van der Waals surface area (Å²) < 4.78 is 2.34. The third-order valence-corrected chi connectivity index (χ3v) is 8.62. The number of carbonyl (C=O) groups is 2. The molecule has 0 bridgehead atoms. The summed E-state index contributed by atoms with van der Waals surface area (Å²) in [6.07, 6.45) is 9.02. The van der Waals surface area contributed by atoms with Gasteiger partial charge >= 0.3 is 0 Å². The number of fused-ring (bicyclic) bond motifs is 1. The molecule has 8 heteroatoms. The molecule has 30 heavy (non-hydrogen) atoms. The largest absolute Gasteiger partial charge is 0.365 e. The van der Waals surface area contributed by atoms with Gasteiger partial charge in [0.25, 0.3) is 5.91 Å². The molecule has 4 rings (SSSR count). The molecule has 0 aliphatic heterocycles. The molecule has 0 saturated heterocycles. The molecular formula is C22H30N4O2S2. The molecule has 162 valence electrons. The number of hydrogen-bond acceptors (Lipinski definition) is 5. The van der Waals surface area contributed by atoms with Crippen molar-refractivity contribution in [2.45, 2.75) is 88.6 Å². The van der Waals surface area contributed by atoms with E-state index in [-0.39, 0.29) is 11.2 Å². The average molecular weight is 447 g/mol. The van der Waals surface area contributed by atoms with E-state index in [2.05, 4.69) is 16.8 Å². The van der Waals surface area contributed by atoms with Crippen molar-refractivity contribution in [3.05, 3.63) is 27.4 Å². The lowest BCUT2D eigenvalue weighted by molar-refractivity contribution is -0.115. The van der Waals surface area contributed by atoms with Crippen molar-refractivity contribution in [2.75, 3.05) is 5.32 Å². The number of thiophene rings is 1. The number of amides is 2. The zero-order chi connectivity index (χ0) is 21.4. The Balaban J connectivity index is 1.51. The molecule has 2 aromatic rings. The minimum atomic E-state index is -0.455. The first-order chi connectivity index (χ1) is 14.4. The van der Waals surface area contributed by atoms with E-state index in [1.807, 2.05) is 13.8 Å². The summed E-state index contributed by atoms with van der Waals surface area (Å²) in [5.41, 5.74) is 9.39. The van der Waals surface area contributed by atoms with Crippen molar-refractivity contribution in [1.29, 1.82) is 0 Å². The molecule has 0 aromatic carbocycles. The van der Waals surface area contributed by atoms with Crippen LogP contribution < -0.4 is 11.1 Å². The number of carbonyl (C=O) groups excluding carboxylic acids is 2. The van der Waals surface area contributed by atoms with Crippen LogP contribution in [0.4, 0.5) is 5.00 Å². The van der Waals surface area contributed by atoms with Crippen LogP contribution in [0.5, 0.6) is 0 Å². The Bertz CT molecular complexity index is 972. The smallest absolute Gasteiger partial charge is 0.251 e. The maximum absolute atomic E-state index is 13.0. The second kappa shape index (κ2) is 8.75. The van der Waals surface area contributed by atoms with E-state index in [0.29, 0.717) is 16.6 Å². The number of rotatable bonds is 6. The van der Waals surface area contributed by atoms with Crippen LogP contribution in [0.1, 0.15) is 83.7 Å². The molecule has 2 amide bonds. The Hall–Kier alpha value is -1.80. The second-order valence-electron chi connectivity index (χ2n) is 8.40. The Kier molecular flexibility index (Phi) is 6.25. The van der Waals surface area contributed by atoms with E-state index in [1.165, 1.54) is 65.8 Å². The Morgan fingerprint density at radius 3 is 2.63 bits per heavy atom. The van der Waals surface area contributed by atoms with Gasteiger partial charge in [-0.25, -0.2) is 4.98 Å². The summed E-state index contributed by atoms with van der Waals surface area (Å²) in [4.78, 5) is 30.9. The van der Waals surface area contributed by atoms with Crippen LogP contribution in [0.25, 0.3) is 0 Å². The highest BCUT2D eigenvalue weighted by Crippen LogP contribution is 2.40. The van der Waals surface area contributed by atoms with Crippen molar-refractivity contribution in [3.63, 3.8) is 0 Å². The number of hydrogen-bond donors (Lipinski definition) is 2. The van der Waals surface area contributed by atoms with Crippen molar-refractivity contribution in [1.82, 2.24) is 9.55 Å². The fourth-order valence-electron chi connectivity index (χ4n) is 4.63. The molecule has 2 aliphatic rings. The Morgan fingerprint density at radius 1 is 1.20 bits per heavy atom. The topological polar surface area (TPSA) is 90.0 Å². The number of anilines is 1. The van der Waals surface area contributed by atoms with Crippen LogP contribution >= 0.6 is 23.1 Å². The number of aromatic nitrogens is 2. The van der Waals surface area contributed by atoms with E-state index in [4.69, 9.17) is 10.7 Å². The third-order valence-electron chi connectivity index (χ3n) is 6.35. The predicted octanol–water partition coefficient (Wildman–Crippen LogP) is 4.77. The number of primary amides is 1. The molecule has 2 aliphatic carbocycles. The second-order valence-corrected chi connectivity index (χ2v) is 10.8. The zero-order valence-electron chi connectivity index (χ0n) is 17.9. The van der Waals surface area contributed by atoms with Gasteiger partial charge in [0.1, 0.15) is 5.00 Å². The van der Waals surface area contributed by atoms with E-state index in [0.717, 1.165) is 35.7 Å². The van der Waals surface area contributed by atoms with E-state index >= 15 is 0 Å². The molecule has 2 heterocycles. The van der Waals surface area contributed by atoms with Gasteiger partial charge in [0.15, 0.2) is 5.16 Å². The quantitative estimate of drug-likeness (QED) is 0.625. The number of imidazole rings is 1. The summed E-state index contributed by atoms with van der Waals surface area (Å²) in [5.74, 6) is -0.569. The standard InChI is InChI=1S/C22H30N4O2S2/c1-12-13(2)26(15-8-5-4-6-9-15)22(24-12)29-14(3)20(28)25-21-18(19(23)27)16-10-7-11-17(16)30-21/h14-15H,4-11H2,1-3H3,(H2,23,27)(H,25,28)/t14-/m1/s1. The number of aryl methyl sites for hydroxylation is 2. The van der Waals surface area contributed by atoms with Crippen molar-refractivity contribution >= 4 is 39.9 Å². The van der Waals surface area contributed by atoms with E-state index < -0.39 is 5.91 Å². The number of nitrogens with one attached hydrogen (secondary N) is 1. The Morgan fingerprint density at radius 2 is 1.93 bits per heavy atom. The van der Waals surface area contributed by atoms with Gasteiger partial charge in [0.2, 0.25) is 5.91 Å². The highest BCUT2D eigenvalue weighted by atomic mass is 32.2. The SMILES string of the molecule is Cc1nc(S[C@H](C)C(=O)Nc2sc3c(c2C(N)=O)CCC3)n(C2CCCCC2)c1C. The molecule has 1 saturated carbocycles. The van der Waals surface area contributed by atoms with Crippen LogP contribution in [-0.4, -0.2) is 26.6 Å². The van der Waals surface area contributed by atoms with Gasteiger partial charge in [0, 0.05) is 16.6 Å². The number of nitrogens with zero attached hydrogens (tertiary/aromatic N) is 2. The fraction of sp³-hybridized carbons (Fsp3) is 0.591. The van der Waals surface area contributed by atoms with Crippen LogP contribution in [0, 0.1) is 13.8 Å². The first kappa shape index (κ1) is 21.4. The van der Waals surface area contributed by atoms with Crippen LogP contribution in [0.15, 0.2) is 5.16 Å². The first-order valence-corrected chi connectivity index (χ1v) is 12.5. The summed E-state index contributed by atoms with van der Waals surface area (Å²) >= 11 is 3.00. The molecule has 3 N–H and O–H groups in total. The molecule has 6 nitrogen and oxygen atoms in total. The molecule has 2 aromatic heterocycles. The van der Waals surface area contributed by atoms with E-state index in [9.17, 15) is 9.59 Å². The molecule has 0 unspecified atom stereocenters. The lowest BCUT2D eigenvalue weighted by Crippen LogP contribution is -2.25. The third kappa shape index (κ3) is 4.04. The maximum atomic E-state index is 13.0. The summed E-state index contributed by atoms with van der Waals surface area (Å²) in [5, 5.41) is 4.18. The van der Waals surface area contributed by atoms with Gasteiger partial charge in [-0.1, -0.05) is 31.0 Å². The normalized spacial score (nSPS) is 17.7. The predicted molar refractivity (Wildman–Crippen MR) is 123 cm³/mol. The zero-order valence-corrected chi connectivity index (χ0v) is 19.5. The van der Waals surface area contributed by atoms with Crippen molar-refractivity contribution in [3.8, 4) is 0 Å². The summed E-state index contributed by atoms with van der Waals surface area (Å²) in [7, 11) is 0. The average Bonchev–Trinajstić information content (AvgIpc) is 3.36. The molecular weight excluding hydrogens is 416 g/mol. The van der Waals surface area contributed by atoms with Gasteiger partial charge in [-0.15, -0.1) is 11.3 Å².